The topological polar surface area (TPSA) is 54.5 Å². The van der Waals surface area contributed by atoms with Gasteiger partial charge in [-0.05, 0) is 26.2 Å². The molecule has 140 valence electrons. The summed E-state index contributed by atoms with van der Waals surface area (Å²) >= 11 is 0. The lowest BCUT2D eigenvalue weighted by atomic mass is 10.0. The van der Waals surface area contributed by atoms with Crippen molar-refractivity contribution in [2.75, 3.05) is 27.7 Å². The molecule has 27 heavy (non-hydrogen) atoms. The van der Waals surface area contributed by atoms with Crippen LogP contribution in [0.1, 0.15) is 22.0 Å². The summed E-state index contributed by atoms with van der Waals surface area (Å²) < 4.78 is 19.4. The molecule has 0 unspecified atom stereocenters. The lowest BCUT2D eigenvalue weighted by molar-refractivity contribution is 0.0942. The van der Waals surface area contributed by atoms with Crippen LogP contribution in [0.25, 0.3) is 10.9 Å². The van der Waals surface area contributed by atoms with Crippen molar-refractivity contribution < 1.29 is 13.9 Å². The standard InChI is InChI=1S/C21H22FN3O2/c1-25(2)19(15-9-4-6-10-17(15)22)13-23-21(26)16-12-20(27-3)24-18-11-7-5-8-14(16)18/h4-12,19H,13H2,1-3H3,(H,23,26)/t19-/m1/s1. The predicted molar refractivity (Wildman–Crippen MR) is 103 cm³/mol. The van der Waals surface area contributed by atoms with E-state index < -0.39 is 0 Å². The normalized spacial score (nSPS) is 12.2. The molecule has 1 atom stereocenters. The molecule has 1 amide bonds. The number of carbonyl (C=O) groups excluding carboxylic acids is 1. The van der Waals surface area contributed by atoms with Crippen molar-refractivity contribution in [2.24, 2.45) is 0 Å². The SMILES string of the molecule is COc1cc(C(=O)NC[C@H](c2ccccc2F)N(C)C)c2ccccc2n1. The van der Waals surface area contributed by atoms with Gasteiger partial charge in [0.25, 0.3) is 5.91 Å². The van der Waals surface area contributed by atoms with Crippen LogP contribution in [0, 0.1) is 5.82 Å². The Labute approximate surface area is 157 Å². The van der Waals surface area contributed by atoms with E-state index >= 15 is 0 Å². The number of rotatable bonds is 6. The molecule has 0 aliphatic rings. The second-order valence-electron chi connectivity index (χ2n) is 6.44. The van der Waals surface area contributed by atoms with E-state index in [1.54, 1.807) is 24.3 Å². The molecule has 6 heteroatoms. The second kappa shape index (κ2) is 8.14. The fourth-order valence-electron chi connectivity index (χ4n) is 3.04. The van der Waals surface area contributed by atoms with Crippen molar-refractivity contribution >= 4 is 16.8 Å². The van der Waals surface area contributed by atoms with E-state index in [-0.39, 0.29) is 24.3 Å². The van der Waals surface area contributed by atoms with Gasteiger partial charge in [-0.25, -0.2) is 9.37 Å². The zero-order chi connectivity index (χ0) is 19.4. The molecule has 0 saturated carbocycles. The van der Waals surface area contributed by atoms with Gasteiger partial charge in [0, 0.05) is 23.6 Å². The van der Waals surface area contributed by atoms with Crippen LogP contribution in [0.2, 0.25) is 0 Å². The van der Waals surface area contributed by atoms with Gasteiger partial charge in [0.1, 0.15) is 5.82 Å². The molecule has 5 nitrogen and oxygen atoms in total. The molecule has 0 radical (unpaired) electrons. The first-order valence-electron chi connectivity index (χ1n) is 8.64. The summed E-state index contributed by atoms with van der Waals surface area (Å²) in [7, 11) is 5.22. The minimum atomic E-state index is -0.290. The van der Waals surface area contributed by atoms with E-state index in [0.29, 0.717) is 22.5 Å². The Morgan fingerprint density at radius 1 is 1.19 bits per heavy atom. The number of aromatic nitrogens is 1. The quantitative estimate of drug-likeness (QED) is 0.725. The van der Waals surface area contributed by atoms with Crippen LogP contribution in [-0.4, -0.2) is 43.5 Å². The lowest BCUT2D eigenvalue weighted by Gasteiger charge is -2.25. The number of pyridine rings is 1. The minimum Gasteiger partial charge on any atom is -0.481 e. The van der Waals surface area contributed by atoms with Crippen molar-refractivity contribution in [3.05, 3.63) is 71.5 Å². The number of nitrogens with one attached hydrogen (secondary N) is 1. The third kappa shape index (κ3) is 4.06. The summed E-state index contributed by atoms with van der Waals surface area (Å²) in [5.41, 5.74) is 1.70. The van der Waals surface area contributed by atoms with Gasteiger partial charge in [-0.3, -0.25) is 4.79 Å². The molecule has 0 fully saturated rings. The number of carbonyl (C=O) groups is 1. The Balaban J connectivity index is 1.87. The predicted octanol–water partition coefficient (Wildman–Crippen LogP) is 3.42. The van der Waals surface area contributed by atoms with E-state index in [4.69, 9.17) is 4.74 Å². The van der Waals surface area contributed by atoms with Gasteiger partial charge in [-0.15, -0.1) is 0 Å². The molecule has 0 aliphatic carbocycles. The first kappa shape index (κ1) is 18.8. The molecule has 2 aromatic carbocycles. The number of benzene rings is 2. The number of hydrogen-bond donors (Lipinski definition) is 1. The van der Waals surface area contributed by atoms with Crippen molar-refractivity contribution in [1.82, 2.24) is 15.2 Å². The average molecular weight is 367 g/mol. The summed E-state index contributed by atoms with van der Waals surface area (Å²) in [6.45, 7) is 0.270. The number of halogens is 1. The van der Waals surface area contributed by atoms with Crippen molar-refractivity contribution in [1.29, 1.82) is 0 Å². The number of methoxy groups -OCH3 is 1. The first-order chi connectivity index (χ1) is 13.0. The monoisotopic (exact) mass is 367 g/mol. The zero-order valence-electron chi connectivity index (χ0n) is 15.6. The van der Waals surface area contributed by atoms with Gasteiger partial charge >= 0.3 is 0 Å². The molecule has 0 bridgehead atoms. The lowest BCUT2D eigenvalue weighted by Crippen LogP contribution is -2.35. The van der Waals surface area contributed by atoms with Crippen LogP contribution < -0.4 is 10.1 Å². The Morgan fingerprint density at radius 2 is 1.89 bits per heavy atom. The highest BCUT2D eigenvalue weighted by Crippen LogP contribution is 2.23. The van der Waals surface area contributed by atoms with Crippen molar-refractivity contribution in [3.8, 4) is 5.88 Å². The molecule has 1 aromatic heterocycles. The van der Waals surface area contributed by atoms with Gasteiger partial charge in [-0.1, -0.05) is 36.4 Å². The summed E-state index contributed by atoms with van der Waals surface area (Å²) in [4.78, 5) is 19.1. The summed E-state index contributed by atoms with van der Waals surface area (Å²) in [6.07, 6.45) is 0. The van der Waals surface area contributed by atoms with Gasteiger partial charge in [-0.2, -0.15) is 0 Å². The van der Waals surface area contributed by atoms with Crippen LogP contribution in [0.5, 0.6) is 5.88 Å². The third-order valence-electron chi connectivity index (χ3n) is 4.49. The third-order valence-corrected chi connectivity index (χ3v) is 4.49. The molecular weight excluding hydrogens is 345 g/mol. The van der Waals surface area contributed by atoms with Crippen LogP contribution >= 0.6 is 0 Å². The van der Waals surface area contributed by atoms with Crippen LogP contribution in [0.3, 0.4) is 0 Å². The van der Waals surface area contributed by atoms with E-state index in [2.05, 4.69) is 10.3 Å². The molecule has 1 heterocycles. The maximum absolute atomic E-state index is 14.2. The number of amides is 1. The van der Waals surface area contributed by atoms with Gasteiger partial charge in [0.2, 0.25) is 5.88 Å². The molecule has 0 aliphatic heterocycles. The Morgan fingerprint density at radius 3 is 2.59 bits per heavy atom. The molecular formula is C21H22FN3O2. The Kier molecular flexibility index (Phi) is 5.66. The van der Waals surface area contributed by atoms with Crippen LogP contribution in [0.15, 0.2) is 54.6 Å². The number of ether oxygens (including phenoxy) is 1. The molecule has 3 rings (SSSR count). The Hall–Kier alpha value is -2.99. The smallest absolute Gasteiger partial charge is 0.252 e. The molecule has 0 saturated heterocycles. The summed E-state index contributed by atoms with van der Waals surface area (Å²) in [5.74, 6) is -0.173. The van der Waals surface area contributed by atoms with Gasteiger partial charge in [0.05, 0.1) is 24.2 Å². The van der Waals surface area contributed by atoms with E-state index in [1.807, 2.05) is 43.3 Å². The molecule has 0 spiro atoms. The molecule has 1 N–H and O–H groups in total. The fourth-order valence-corrected chi connectivity index (χ4v) is 3.04. The average Bonchev–Trinajstić information content (AvgIpc) is 2.68. The number of fused-ring (bicyclic) bond motifs is 1. The van der Waals surface area contributed by atoms with Gasteiger partial charge < -0.3 is 15.0 Å². The van der Waals surface area contributed by atoms with Crippen LogP contribution in [0.4, 0.5) is 4.39 Å². The highest BCUT2D eigenvalue weighted by Gasteiger charge is 2.20. The van der Waals surface area contributed by atoms with Crippen LogP contribution in [-0.2, 0) is 0 Å². The van der Waals surface area contributed by atoms with Gasteiger partial charge in [0.15, 0.2) is 0 Å². The summed E-state index contributed by atoms with van der Waals surface area (Å²) in [6, 6.07) is 15.3. The number of likely N-dealkylation sites (N-methyl/N-ethyl adjacent to an activating group) is 1. The van der Waals surface area contributed by atoms with Crippen molar-refractivity contribution in [3.63, 3.8) is 0 Å². The minimum absolute atomic E-state index is 0.255. The number of hydrogen-bond acceptors (Lipinski definition) is 4. The Bertz CT molecular complexity index is 959. The largest absolute Gasteiger partial charge is 0.481 e. The summed E-state index contributed by atoms with van der Waals surface area (Å²) in [5, 5.41) is 3.66. The fraction of sp³-hybridized carbons (Fsp3) is 0.238. The van der Waals surface area contributed by atoms with E-state index in [1.165, 1.54) is 13.2 Å². The number of para-hydroxylation sites is 1. The van der Waals surface area contributed by atoms with Crippen molar-refractivity contribution in [2.45, 2.75) is 6.04 Å². The van der Waals surface area contributed by atoms with E-state index in [0.717, 1.165) is 5.39 Å². The highest BCUT2D eigenvalue weighted by molar-refractivity contribution is 6.06. The second-order valence-corrected chi connectivity index (χ2v) is 6.44. The number of nitrogens with zero attached hydrogens (tertiary/aromatic N) is 2. The zero-order valence-corrected chi connectivity index (χ0v) is 15.6. The highest BCUT2D eigenvalue weighted by atomic mass is 19.1. The molecule has 3 aromatic rings. The maximum atomic E-state index is 14.2. The maximum Gasteiger partial charge on any atom is 0.252 e. The van der Waals surface area contributed by atoms with E-state index in [9.17, 15) is 9.18 Å². The first-order valence-corrected chi connectivity index (χ1v) is 8.64.